The van der Waals surface area contributed by atoms with E-state index < -0.39 is 0 Å². The average Bonchev–Trinajstić information content (AvgIpc) is 3.08. The van der Waals surface area contributed by atoms with Crippen molar-refractivity contribution in [1.29, 1.82) is 0 Å². The summed E-state index contributed by atoms with van der Waals surface area (Å²) in [5.41, 5.74) is 2.87. The van der Waals surface area contributed by atoms with Gasteiger partial charge in [0.25, 0.3) is 0 Å². The predicted molar refractivity (Wildman–Crippen MR) is 102 cm³/mol. The van der Waals surface area contributed by atoms with Crippen molar-refractivity contribution in [3.05, 3.63) is 78.2 Å². The summed E-state index contributed by atoms with van der Waals surface area (Å²) in [7, 11) is 0. The number of pyridine rings is 1. The van der Waals surface area contributed by atoms with E-state index >= 15 is 0 Å². The molecule has 1 N–H and O–H groups in total. The minimum absolute atomic E-state index is 0.00202. The van der Waals surface area contributed by atoms with Gasteiger partial charge in [0.2, 0.25) is 5.91 Å². The number of carbonyl (C=O) groups excluding carboxylic acids is 1. The number of amides is 1. The molecule has 2 aromatic carbocycles. The maximum absolute atomic E-state index is 13.6. The SMILES string of the molecule is O=C(Cc1ccccc1F)Nc1ccc(-c2nc3cccnc3s2)cc1. The molecule has 2 heterocycles. The van der Waals surface area contributed by atoms with E-state index in [-0.39, 0.29) is 18.1 Å². The minimum atomic E-state index is -0.373. The van der Waals surface area contributed by atoms with Crippen LogP contribution in [0.5, 0.6) is 0 Å². The number of nitrogens with zero attached hydrogens (tertiary/aromatic N) is 2. The van der Waals surface area contributed by atoms with Crippen LogP contribution in [0, 0.1) is 5.82 Å². The quantitative estimate of drug-likeness (QED) is 0.573. The van der Waals surface area contributed by atoms with Crippen molar-refractivity contribution in [1.82, 2.24) is 9.97 Å². The Morgan fingerprint density at radius 3 is 2.62 bits per heavy atom. The third kappa shape index (κ3) is 3.45. The summed E-state index contributed by atoms with van der Waals surface area (Å²) < 4.78 is 13.6. The monoisotopic (exact) mass is 363 g/mol. The first-order chi connectivity index (χ1) is 12.7. The van der Waals surface area contributed by atoms with Gasteiger partial charge in [0.15, 0.2) is 0 Å². The van der Waals surface area contributed by atoms with Crippen molar-refractivity contribution in [3.8, 4) is 10.6 Å². The molecule has 128 valence electrons. The van der Waals surface area contributed by atoms with Crippen molar-refractivity contribution in [2.45, 2.75) is 6.42 Å². The number of fused-ring (bicyclic) bond motifs is 1. The Hall–Kier alpha value is -3.12. The van der Waals surface area contributed by atoms with Crippen LogP contribution in [-0.4, -0.2) is 15.9 Å². The van der Waals surface area contributed by atoms with Crippen LogP contribution in [0.25, 0.3) is 20.9 Å². The van der Waals surface area contributed by atoms with Gasteiger partial charge < -0.3 is 5.32 Å². The second-order valence-corrected chi connectivity index (χ2v) is 6.72. The Labute approximate surface area is 153 Å². The highest BCUT2D eigenvalue weighted by atomic mass is 32.1. The fourth-order valence-corrected chi connectivity index (χ4v) is 3.52. The predicted octanol–water partition coefficient (Wildman–Crippen LogP) is 4.68. The van der Waals surface area contributed by atoms with E-state index in [9.17, 15) is 9.18 Å². The zero-order valence-electron chi connectivity index (χ0n) is 13.6. The van der Waals surface area contributed by atoms with Gasteiger partial charge in [-0.2, -0.15) is 0 Å². The van der Waals surface area contributed by atoms with E-state index in [1.165, 1.54) is 17.4 Å². The zero-order valence-corrected chi connectivity index (χ0v) is 14.5. The highest BCUT2D eigenvalue weighted by Gasteiger charge is 2.09. The summed E-state index contributed by atoms with van der Waals surface area (Å²) >= 11 is 1.52. The molecular weight excluding hydrogens is 349 g/mol. The van der Waals surface area contributed by atoms with E-state index in [1.54, 1.807) is 24.4 Å². The largest absolute Gasteiger partial charge is 0.326 e. The fraction of sp³-hybridized carbons (Fsp3) is 0.0500. The van der Waals surface area contributed by atoms with Crippen molar-refractivity contribution < 1.29 is 9.18 Å². The lowest BCUT2D eigenvalue weighted by atomic mass is 10.1. The topological polar surface area (TPSA) is 54.9 Å². The molecule has 0 spiro atoms. The van der Waals surface area contributed by atoms with Gasteiger partial charge in [-0.15, -0.1) is 0 Å². The van der Waals surface area contributed by atoms with Crippen LogP contribution < -0.4 is 5.32 Å². The summed E-state index contributed by atoms with van der Waals surface area (Å²) in [6.45, 7) is 0. The van der Waals surface area contributed by atoms with Crippen LogP contribution in [0.1, 0.15) is 5.56 Å². The van der Waals surface area contributed by atoms with Crippen molar-refractivity contribution in [2.24, 2.45) is 0 Å². The van der Waals surface area contributed by atoms with Crippen LogP contribution in [0.4, 0.5) is 10.1 Å². The first-order valence-electron chi connectivity index (χ1n) is 8.04. The lowest BCUT2D eigenvalue weighted by Crippen LogP contribution is -2.15. The summed E-state index contributed by atoms with van der Waals surface area (Å²) in [5.74, 6) is -0.630. The molecule has 0 unspecified atom stereocenters. The average molecular weight is 363 g/mol. The number of benzene rings is 2. The molecule has 0 aliphatic heterocycles. The number of nitrogens with one attached hydrogen (secondary N) is 1. The third-order valence-corrected chi connectivity index (χ3v) is 4.92. The fourth-order valence-electron chi connectivity index (χ4n) is 2.61. The second-order valence-electron chi connectivity index (χ2n) is 5.74. The van der Waals surface area contributed by atoms with Gasteiger partial charge in [0.1, 0.15) is 21.2 Å². The Bertz CT molecular complexity index is 1040. The van der Waals surface area contributed by atoms with Gasteiger partial charge in [-0.05, 0) is 48.0 Å². The van der Waals surface area contributed by atoms with Crippen LogP contribution >= 0.6 is 11.3 Å². The number of carbonyl (C=O) groups is 1. The molecule has 4 nitrogen and oxygen atoms in total. The van der Waals surface area contributed by atoms with Crippen molar-refractivity contribution in [3.63, 3.8) is 0 Å². The van der Waals surface area contributed by atoms with E-state index in [0.717, 1.165) is 20.9 Å². The van der Waals surface area contributed by atoms with E-state index in [4.69, 9.17) is 0 Å². The third-order valence-electron chi connectivity index (χ3n) is 3.89. The number of anilines is 1. The number of halogens is 1. The molecule has 0 aliphatic carbocycles. The molecule has 4 aromatic rings. The van der Waals surface area contributed by atoms with Crippen LogP contribution in [0.3, 0.4) is 0 Å². The smallest absolute Gasteiger partial charge is 0.228 e. The Morgan fingerprint density at radius 2 is 1.85 bits per heavy atom. The van der Waals surface area contributed by atoms with Crippen molar-refractivity contribution >= 4 is 33.3 Å². The zero-order chi connectivity index (χ0) is 17.9. The second kappa shape index (κ2) is 7.01. The van der Waals surface area contributed by atoms with Crippen molar-refractivity contribution in [2.75, 3.05) is 5.32 Å². The van der Waals surface area contributed by atoms with Gasteiger partial charge in [-0.25, -0.2) is 14.4 Å². The van der Waals surface area contributed by atoms with Crippen LogP contribution in [0.15, 0.2) is 66.9 Å². The number of rotatable bonds is 4. The van der Waals surface area contributed by atoms with Gasteiger partial charge in [-0.3, -0.25) is 4.79 Å². The van der Waals surface area contributed by atoms with Gasteiger partial charge in [-0.1, -0.05) is 29.5 Å². The van der Waals surface area contributed by atoms with Gasteiger partial charge in [0, 0.05) is 17.4 Å². The van der Waals surface area contributed by atoms with Gasteiger partial charge in [0.05, 0.1) is 6.42 Å². The molecule has 6 heteroatoms. The standard InChI is InChI=1S/C20H14FN3OS/c21-16-5-2-1-4-14(16)12-18(25)23-15-9-7-13(8-10-15)19-24-17-6-3-11-22-20(17)26-19/h1-11H,12H2,(H,23,25). The molecule has 26 heavy (non-hydrogen) atoms. The molecule has 0 saturated heterocycles. The van der Waals surface area contributed by atoms with E-state index in [0.29, 0.717) is 11.3 Å². The number of thiazole rings is 1. The molecule has 2 aromatic heterocycles. The Balaban J connectivity index is 1.47. The van der Waals surface area contributed by atoms with E-state index in [1.807, 2.05) is 36.4 Å². The van der Waals surface area contributed by atoms with Crippen LogP contribution in [0.2, 0.25) is 0 Å². The minimum Gasteiger partial charge on any atom is -0.326 e. The Kier molecular flexibility index (Phi) is 4.41. The normalized spacial score (nSPS) is 10.8. The summed E-state index contributed by atoms with van der Waals surface area (Å²) in [6, 6.07) is 17.5. The maximum Gasteiger partial charge on any atom is 0.228 e. The highest BCUT2D eigenvalue weighted by molar-refractivity contribution is 7.21. The molecule has 0 saturated carbocycles. The first-order valence-corrected chi connectivity index (χ1v) is 8.86. The molecule has 4 rings (SSSR count). The number of hydrogen-bond donors (Lipinski definition) is 1. The lowest BCUT2D eigenvalue weighted by molar-refractivity contribution is -0.115. The molecular formula is C20H14FN3OS. The maximum atomic E-state index is 13.6. The highest BCUT2D eigenvalue weighted by Crippen LogP contribution is 2.29. The molecule has 1 amide bonds. The summed E-state index contributed by atoms with van der Waals surface area (Å²) in [5, 5.41) is 3.67. The summed E-state index contributed by atoms with van der Waals surface area (Å²) in [4.78, 5) is 21.9. The lowest BCUT2D eigenvalue weighted by Gasteiger charge is -2.06. The molecule has 0 atom stereocenters. The summed E-state index contributed by atoms with van der Waals surface area (Å²) in [6.07, 6.45) is 1.75. The first kappa shape index (κ1) is 16.4. The molecule has 0 bridgehead atoms. The Morgan fingerprint density at radius 1 is 1.04 bits per heavy atom. The molecule has 0 fully saturated rings. The molecule has 0 radical (unpaired) electrons. The number of aromatic nitrogens is 2. The van der Waals surface area contributed by atoms with Crippen LogP contribution in [-0.2, 0) is 11.2 Å². The van der Waals surface area contributed by atoms with Gasteiger partial charge >= 0.3 is 0 Å². The number of hydrogen-bond acceptors (Lipinski definition) is 4. The van der Waals surface area contributed by atoms with E-state index in [2.05, 4.69) is 15.3 Å². The molecule has 0 aliphatic rings.